The van der Waals surface area contributed by atoms with Gasteiger partial charge in [0.25, 0.3) is 0 Å². The first-order chi connectivity index (χ1) is 4.91. The van der Waals surface area contributed by atoms with Crippen LogP contribution in [-0.2, 0) is 17.1 Å². The van der Waals surface area contributed by atoms with Crippen LogP contribution in [0.15, 0.2) is 24.3 Å². The van der Waals surface area contributed by atoms with Gasteiger partial charge in [-0.15, -0.1) is 0 Å². The van der Waals surface area contributed by atoms with Gasteiger partial charge in [-0.1, -0.05) is 37.5 Å². The van der Waals surface area contributed by atoms with Crippen molar-refractivity contribution in [2.24, 2.45) is 0 Å². The maximum atomic E-state index is 2.21. The van der Waals surface area contributed by atoms with E-state index in [1.54, 1.807) is 0 Å². The Kier molecular flexibility index (Phi) is 16.1. The molecule has 60 valence electrons. The number of allylic oxidation sites excluding steroid dienone is 4. The number of hydrogen-bond donors (Lipinski definition) is 0. The SMILES string of the molecule is BBBCC.C1=CCC=C1.[Fe]. The summed E-state index contributed by atoms with van der Waals surface area (Å²) in [6.07, 6.45) is 10.8. The molecule has 0 radical (unpaired) electrons. The summed E-state index contributed by atoms with van der Waals surface area (Å²) >= 11 is 0. The Morgan fingerprint density at radius 1 is 1.36 bits per heavy atom. The number of rotatable bonds is 2. The molecule has 0 saturated heterocycles. The summed E-state index contributed by atoms with van der Waals surface area (Å²) in [5.41, 5.74) is 0. The number of hydrogen-bond acceptors (Lipinski definition) is 0. The zero-order chi connectivity index (χ0) is 7.66. The molecule has 0 spiro atoms. The summed E-state index contributed by atoms with van der Waals surface area (Å²) < 4.78 is 0. The first-order valence-electron chi connectivity index (χ1n) is 4.23. The van der Waals surface area contributed by atoms with Crippen LogP contribution in [-0.4, -0.2) is 22.0 Å². The van der Waals surface area contributed by atoms with Crippen molar-refractivity contribution in [1.82, 2.24) is 0 Å². The van der Waals surface area contributed by atoms with Gasteiger partial charge in [-0.05, 0) is 6.42 Å². The van der Waals surface area contributed by atoms with Gasteiger partial charge in [0.05, 0.1) is 22.0 Å². The van der Waals surface area contributed by atoms with Crippen LogP contribution < -0.4 is 0 Å². The topological polar surface area (TPSA) is 0 Å². The minimum absolute atomic E-state index is 0. The molecule has 11 heavy (non-hydrogen) atoms. The van der Waals surface area contributed by atoms with Crippen LogP contribution in [0.4, 0.5) is 0 Å². The van der Waals surface area contributed by atoms with Gasteiger partial charge in [-0.25, -0.2) is 0 Å². The normalized spacial score (nSPS) is 11.0. The van der Waals surface area contributed by atoms with Crippen molar-refractivity contribution >= 4 is 22.0 Å². The van der Waals surface area contributed by atoms with E-state index < -0.39 is 0 Å². The Labute approximate surface area is 83.2 Å². The molecule has 1 rings (SSSR count). The molecule has 0 fully saturated rings. The summed E-state index contributed by atoms with van der Waals surface area (Å²) in [5, 5.41) is 0. The van der Waals surface area contributed by atoms with Crippen molar-refractivity contribution in [3.8, 4) is 0 Å². The molecule has 0 aromatic heterocycles. The van der Waals surface area contributed by atoms with E-state index in [1.807, 2.05) is 0 Å². The zero-order valence-electron chi connectivity index (χ0n) is 7.49. The predicted molar refractivity (Wildman–Crippen MR) is 56.2 cm³/mol. The molecule has 0 aromatic carbocycles. The smallest absolute Gasteiger partial charge is 0.0776 e. The van der Waals surface area contributed by atoms with Crippen LogP contribution in [0.25, 0.3) is 0 Å². The fraction of sp³-hybridized carbons (Fsp3) is 0.429. The second kappa shape index (κ2) is 12.8. The van der Waals surface area contributed by atoms with Crippen molar-refractivity contribution in [2.45, 2.75) is 19.7 Å². The Morgan fingerprint density at radius 3 is 2.00 bits per heavy atom. The largest absolute Gasteiger partial charge is 0.0881 e. The molecule has 0 amide bonds. The average Bonchev–Trinajstić information content (AvgIpc) is 2.44. The molecule has 4 heteroatoms. The first-order valence-corrected chi connectivity index (χ1v) is 4.23. The first kappa shape index (κ1) is 13.8. The van der Waals surface area contributed by atoms with Crippen LogP contribution in [0.1, 0.15) is 13.3 Å². The van der Waals surface area contributed by atoms with E-state index in [9.17, 15) is 0 Å². The van der Waals surface area contributed by atoms with Crippen molar-refractivity contribution in [1.29, 1.82) is 0 Å². The van der Waals surface area contributed by atoms with Gasteiger partial charge in [0.15, 0.2) is 0 Å². The van der Waals surface area contributed by atoms with Crippen LogP contribution >= 0.6 is 0 Å². The third kappa shape index (κ3) is 13.2. The van der Waals surface area contributed by atoms with E-state index in [0.29, 0.717) is 0 Å². The van der Waals surface area contributed by atoms with Crippen molar-refractivity contribution in [2.75, 3.05) is 0 Å². The van der Waals surface area contributed by atoms with Crippen molar-refractivity contribution in [3.05, 3.63) is 24.3 Å². The van der Waals surface area contributed by atoms with E-state index in [4.69, 9.17) is 0 Å². The minimum Gasteiger partial charge on any atom is -0.0881 e. The Morgan fingerprint density at radius 2 is 1.91 bits per heavy atom. The van der Waals surface area contributed by atoms with Gasteiger partial charge in [0.2, 0.25) is 0 Å². The summed E-state index contributed by atoms with van der Waals surface area (Å²) in [7, 11) is 4.94. The predicted octanol–water partition coefficient (Wildman–Crippen LogP) is 0.261. The zero-order valence-corrected chi connectivity index (χ0v) is 8.60. The van der Waals surface area contributed by atoms with Gasteiger partial charge >= 0.3 is 0 Å². The van der Waals surface area contributed by atoms with E-state index in [-0.39, 0.29) is 17.1 Å². The van der Waals surface area contributed by atoms with E-state index in [2.05, 4.69) is 39.0 Å². The third-order valence-corrected chi connectivity index (χ3v) is 1.36. The van der Waals surface area contributed by atoms with Crippen molar-refractivity contribution in [3.63, 3.8) is 0 Å². The molecule has 1 aliphatic rings. The maximum Gasteiger partial charge on any atom is 0.0776 e. The quantitative estimate of drug-likeness (QED) is 0.544. The van der Waals surface area contributed by atoms with Crippen LogP contribution in [0.2, 0.25) is 6.32 Å². The van der Waals surface area contributed by atoms with Crippen molar-refractivity contribution < 1.29 is 17.1 Å². The molecule has 0 nitrogen and oxygen atoms in total. The fourth-order valence-electron chi connectivity index (χ4n) is 0.746. The van der Waals surface area contributed by atoms with Gasteiger partial charge in [0, 0.05) is 17.1 Å². The van der Waals surface area contributed by atoms with Crippen LogP contribution in [0.5, 0.6) is 0 Å². The molecular formula is C7H15B3Fe. The molecule has 0 saturated carbocycles. The molecule has 0 atom stereocenters. The monoisotopic (exact) mass is 188 g/mol. The molecule has 1 aliphatic carbocycles. The van der Waals surface area contributed by atoms with Crippen LogP contribution in [0.3, 0.4) is 0 Å². The Hall–Kier alpha value is 0.194. The van der Waals surface area contributed by atoms with E-state index in [1.165, 1.54) is 20.6 Å². The van der Waals surface area contributed by atoms with Gasteiger partial charge in [-0.3, -0.25) is 0 Å². The molecule has 0 N–H and O–H groups in total. The fourth-order valence-corrected chi connectivity index (χ4v) is 0.746. The second-order valence-electron chi connectivity index (χ2n) is 2.45. The summed E-state index contributed by atoms with van der Waals surface area (Å²) in [5.74, 6) is 0. The molecule has 0 heterocycles. The molecule has 0 bridgehead atoms. The molecule has 0 aliphatic heterocycles. The second-order valence-corrected chi connectivity index (χ2v) is 2.45. The average molecular weight is 187 g/mol. The van der Waals surface area contributed by atoms with Gasteiger partial charge < -0.3 is 0 Å². The molecule has 0 unspecified atom stereocenters. The van der Waals surface area contributed by atoms with Crippen LogP contribution in [0, 0.1) is 0 Å². The summed E-state index contributed by atoms with van der Waals surface area (Å²) in [4.78, 5) is 0. The Bertz CT molecular complexity index is 100. The van der Waals surface area contributed by atoms with E-state index >= 15 is 0 Å². The van der Waals surface area contributed by atoms with Gasteiger partial charge in [0.1, 0.15) is 0 Å². The Balaban J connectivity index is 0. The third-order valence-electron chi connectivity index (χ3n) is 1.36. The molecule has 0 aromatic rings. The summed E-state index contributed by atoms with van der Waals surface area (Å²) in [6, 6.07) is 0. The maximum absolute atomic E-state index is 2.21. The standard InChI is InChI=1S/C5H6.C2H9B3.Fe/c1-2-4-5-3-1;1-2-4-5-3;/h1-4H,5H2;4-5H,2-3H2,1H3;. The van der Waals surface area contributed by atoms with Gasteiger partial charge in [-0.2, -0.15) is 0 Å². The molecular weight excluding hydrogens is 172 g/mol. The van der Waals surface area contributed by atoms with E-state index in [0.717, 1.165) is 6.42 Å². The summed E-state index contributed by atoms with van der Waals surface area (Å²) in [6.45, 7) is 2.21. The minimum atomic E-state index is 0.